The Bertz CT molecular complexity index is 152. The van der Waals surface area contributed by atoms with Crippen LogP contribution in [0.2, 0.25) is 0 Å². The predicted octanol–water partition coefficient (Wildman–Crippen LogP) is -1.33. The van der Waals surface area contributed by atoms with Crippen molar-refractivity contribution in [1.29, 1.82) is 0 Å². The van der Waals surface area contributed by atoms with E-state index in [0.717, 1.165) is 4.90 Å². The third kappa shape index (κ3) is 3.45. The molecule has 0 rings (SSSR count). The highest BCUT2D eigenvalue weighted by Crippen LogP contribution is 1.93. The van der Waals surface area contributed by atoms with Gasteiger partial charge in [-0.15, -0.1) is 0 Å². The third-order valence-electron chi connectivity index (χ3n) is 1.46. The average molecular weight is 173 g/mol. The lowest BCUT2D eigenvalue weighted by atomic mass is 10.3. The van der Waals surface area contributed by atoms with Crippen LogP contribution in [0.25, 0.3) is 0 Å². The Kier molecular flexibility index (Phi) is 5.23. The minimum absolute atomic E-state index is 0.201. The summed E-state index contributed by atoms with van der Waals surface area (Å²) in [4.78, 5) is 23.2. The lowest BCUT2D eigenvalue weighted by molar-refractivity contribution is -0.142. The van der Waals surface area contributed by atoms with E-state index in [0.29, 0.717) is 0 Å². The molecule has 0 aliphatic carbocycles. The van der Waals surface area contributed by atoms with Crippen LogP contribution < -0.4 is 11.5 Å². The van der Waals surface area contributed by atoms with Crippen molar-refractivity contribution < 1.29 is 9.59 Å². The summed E-state index contributed by atoms with van der Waals surface area (Å²) in [5.41, 5.74) is 10.3. The second kappa shape index (κ2) is 5.68. The van der Waals surface area contributed by atoms with E-state index in [-0.39, 0.29) is 37.7 Å². The van der Waals surface area contributed by atoms with Crippen molar-refractivity contribution in [1.82, 2.24) is 4.90 Å². The van der Waals surface area contributed by atoms with Crippen LogP contribution in [0.1, 0.15) is 12.8 Å². The molecule has 0 radical (unpaired) electrons. The molecule has 0 aromatic heterocycles. The zero-order valence-corrected chi connectivity index (χ0v) is 7.25. The SMILES string of the molecule is CN(C(=O)CCN)C(=O)CCN. The molecule has 0 aliphatic heterocycles. The van der Waals surface area contributed by atoms with E-state index in [1.54, 1.807) is 0 Å². The van der Waals surface area contributed by atoms with E-state index in [4.69, 9.17) is 11.5 Å². The molecule has 0 aromatic carbocycles. The fraction of sp³-hybridized carbons (Fsp3) is 0.714. The van der Waals surface area contributed by atoms with Gasteiger partial charge in [0, 0.05) is 33.0 Å². The Morgan fingerprint density at radius 2 is 1.42 bits per heavy atom. The van der Waals surface area contributed by atoms with Crippen molar-refractivity contribution in [3.63, 3.8) is 0 Å². The Labute approximate surface area is 71.7 Å². The highest BCUT2D eigenvalue weighted by atomic mass is 16.2. The molecule has 0 atom stereocenters. The third-order valence-corrected chi connectivity index (χ3v) is 1.46. The summed E-state index contributed by atoms with van der Waals surface area (Å²) < 4.78 is 0. The smallest absolute Gasteiger partial charge is 0.230 e. The average Bonchev–Trinajstić information content (AvgIpc) is 2.04. The molecule has 70 valence electrons. The van der Waals surface area contributed by atoms with E-state index >= 15 is 0 Å². The second-order valence-electron chi connectivity index (χ2n) is 2.42. The van der Waals surface area contributed by atoms with Crippen LogP contribution in [-0.4, -0.2) is 36.9 Å². The first-order valence-electron chi connectivity index (χ1n) is 3.83. The molecule has 0 saturated heterocycles. The molecule has 0 unspecified atom stereocenters. The monoisotopic (exact) mass is 173 g/mol. The second-order valence-corrected chi connectivity index (χ2v) is 2.42. The highest BCUT2D eigenvalue weighted by Gasteiger charge is 2.14. The van der Waals surface area contributed by atoms with Gasteiger partial charge in [-0.05, 0) is 0 Å². The summed E-state index contributed by atoms with van der Waals surface area (Å²) >= 11 is 0. The van der Waals surface area contributed by atoms with Crippen molar-refractivity contribution >= 4 is 11.8 Å². The lowest BCUT2D eigenvalue weighted by Crippen LogP contribution is -2.35. The van der Waals surface area contributed by atoms with E-state index < -0.39 is 0 Å². The Hall–Kier alpha value is -0.940. The predicted molar refractivity (Wildman–Crippen MR) is 45.1 cm³/mol. The maximum Gasteiger partial charge on any atom is 0.230 e. The van der Waals surface area contributed by atoms with Crippen molar-refractivity contribution in [2.24, 2.45) is 11.5 Å². The summed E-state index contributed by atoms with van der Waals surface area (Å²) in [6.07, 6.45) is 0.402. The Balaban J connectivity index is 3.91. The molecule has 0 aromatic rings. The van der Waals surface area contributed by atoms with Gasteiger partial charge in [0.05, 0.1) is 0 Å². The molecule has 0 fully saturated rings. The number of nitrogens with zero attached hydrogens (tertiary/aromatic N) is 1. The van der Waals surface area contributed by atoms with Gasteiger partial charge in [-0.1, -0.05) is 0 Å². The molecule has 0 spiro atoms. The molecule has 4 N–H and O–H groups in total. The Morgan fingerprint density at radius 1 is 1.08 bits per heavy atom. The van der Waals surface area contributed by atoms with E-state index in [9.17, 15) is 9.59 Å². The molecule has 0 saturated carbocycles. The van der Waals surface area contributed by atoms with Crippen molar-refractivity contribution in [2.45, 2.75) is 12.8 Å². The highest BCUT2D eigenvalue weighted by molar-refractivity contribution is 5.95. The summed E-state index contributed by atoms with van der Waals surface area (Å²) in [5, 5.41) is 0. The van der Waals surface area contributed by atoms with Crippen LogP contribution in [0.3, 0.4) is 0 Å². The largest absolute Gasteiger partial charge is 0.330 e. The van der Waals surface area contributed by atoms with Crippen LogP contribution in [-0.2, 0) is 9.59 Å². The summed E-state index contributed by atoms with van der Waals surface area (Å²) in [7, 11) is 1.44. The maximum atomic E-state index is 11.0. The molecule has 5 heteroatoms. The molecular formula is C7H15N3O2. The lowest BCUT2D eigenvalue weighted by Gasteiger charge is -2.13. The molecule has 2 amide bonds. The summed E-state index contributed by atoms with van der Waals surface area (Å²) in [6, 6.07) is 0. The van der Waals surface area contributed by atoms with Crippen LogP contribution in [0.5, 0.6) is 0 Å². The normalized spacial score (nSPS) is 9.58. The van der Waals surface area contributed by atoms with Gasteiger partial charge >= 0.3 is 0 Å². The van der Waals surface area contributed by atoms with Gasteiger partial charge in [0.1, 0.15) is 0 Å². The van der Waals surface area contributed by atoms with Crippen LogP contribution >= 0.6 is 0 Å². The fourth-order valence-corrected chi connectivity index (χ4v) is 0.721. The first-order chi connectivity index (χ1) is 5.63. The number of hydrogen-bond acceptors (Lipinski definition) is 4. The zero-order valence-electron chi connectivity index (χ0n) is 7.25. The van der Waals surface area contributed by atoms with E-state index in [1.165, 1.54) is 7.05 Å². The number of imide groups is 1. The summed E-state index contributed by atoms with van der Waals surface area (Å²) in [5.74, 6) is -0.507. The van der Waals surface area contributed by atoms with Gasteiger partial charge in [0.15, 0.2) is 0 Å². The van der Waals surface area contributed by atoms with Gasteiger partial charge in [-0.25, -0.2) is 0 Å². The number of nitrogens with two attached hydrogens (primary N) is 2. The standard InChI is InChI=1S/C7H15N3O2/c1-10(6(11)2-4-8)7(12)3-5-9/h2-5,8-9H2,1H3. The van der Waals surface area contributed by atoms with Gasteiger partial charge in [0.2, 0.25) is 11.8 Å². The quantitative estimate of drug-likeness (QED) is 0.551. The molecule has 12 heavy (non-hydrogen) atoms. The molecular weight excluding hydrogens is 158 g/mol. The van der Waals surface area contributed by atoms with E-state index in [1.807, 2.05) is 0 Å². The number of carbonyl (C=O) groups excluding carboxylic acids is 2. The molecule has 0 heterocycles. The zero-order chi connectivity index (χ0) is 9.56. The van der Waals surface area contributed by atoms with Crippen molar-refractivity contribution in [3.8, 4) is 0 Å². The maximum absolute atomic E-state index is 11.0. The minimum atomic E-state index is -0.254. The van der Waals surface area contributed by atoms with Crippen LogP contribution in [0.15, 0.2) is 0 Å². The molecule has 5 nitrogen and oxygen atoms in total. The first kappa shape index (κ1) is 11.1. The molecule has 0 bridgehead atoms. The van der Waals surface area contributed by atoms with Crippen molar-refractivity contribution in [3.05, 3.63) is 0 Å². The van der Waals surface area contributed by atoms with Gasteiger partial charge in [-0.2, -0.15) is 0 Å². The summed E-state index contributed by atoms with van der Waals surface area (Å²) in [6.45, 7) is 0.526. The van der Waals surface area contributed by atoms with E-state index in [2.05, 4.69) is 0 Å². The van der Waals surface area contributed by atoms with Crippen LogP contribution in [0, 0.1) is 0 Å². The fourth-order valence-electron chi connectivity index (χ4n) is 0.721. The number of rotatable bonds is 4. The number of amides is 2. The number of carbonyl (C=O) groups is 2. The van der Waals surface area contributed by atoms with Crippen LogP contribution in [0.4, 0.5) is 0 Å². The van der Waals surface area contributed by atoms with Gasteiger partial charge < -0.3 is 11.5 Å². The topological polar surface area (TPSA) is 89.4 Å². The first-order valence-corrected chi connectivity index (χ1v) is 3.83. The number of hydrogen-bond donors (Lipinski definition) is 2. The Morgan fingerprint density at radius 3 is 1.67 bits per heavy atom. The van der Waals surface area contributed by atoms with Gasteiger partial charge in [-0.3, -0.25) is 14.5 Å². The van der Waals surface area contributed by atoms with Crippen molar-refractivity contribution in [2.75, 3.05) is 20.1 Å². The molecule has 0 aliphatic rings. The minimum Gasteiger partial charge on any atom is -0.330 e. The van der Waals surface area contributed by atoms with Gasteiger partial charge in [0.25, 0.3) is 0 Å².